The van der Waals surface area contributed by atoms with Crippen LogP contribution in [0.15, 0.2) is 48.5 Å². The minimum Gasteiger partial charge on any atom is -0.497 e. The van der Waals surface area contributed by atoms with Crippen molar-refractivity contribution in [3.8, 4) is 5.75 Å². The maximum Gasteiger partial charge on any atom is 0.251 e. The zero-order valence-corrected chi connectivity index (χ0v) is 12.3. The lowest BCUT2D eigenvalue weighted by Gasteiger charge is -2.19. The van der Waals surface area contributed by atoms with Crippen molar-refractivity contribution in [1.29, 1.82) is 0 Å². The minimum atomic E-state index is -0.0533. The molecule has 2 atom stereocenters. The van der Waals surface area contributed by atoms with Crippen molar-refractivity contribution in [3.63, 3.8) is 0 Å². The fourth-order valence-corrected chi connectivity index (χ4v) is 3.00. The van der Waals surface area contributed by atoms with Crippen LogP contribution in [-0.4, -0.2) is 13.0 Å². The number of benzene rings is 2. The number of hydrogen-bond acceptors (Lipinski definition) is 2. The van der Waals surface area contributed by atoms with Gasteiger partial charge >= 0.3 is 0 Å². The van der Waals surface area contributed by atoms with Gasteiger partial charge in [0.25, 0.3) is 5.91 Å². The molecule has 0 spiro atoms. The van der Waals surface area contributed by atoms with Gasteiger partial charge in [-0.2, -0.15) is 0 Å². The molecule has 2 aromatic carbocycles. The Morgan fingerprint density at radius 3 is 2.81 bits per heavy atom. The van der Waals surface area contributed by atoms with Crippen LogP contribution in [0, 0.1) is 5.92 Å². The van der Waals surface area contributed by atoms with E-state index in [1.165, 1.54) is 11.1 Å². The number of carbonyl (C=O) groups is 1. The van der Waals surface area contributed by atoms with E-state index in [9.17, 15) is 4.79 Å². The van der Waals surface area contributed by atoms with Crippen molar-refractivity contribution >= 4 is 5.91 Å². The maximum absolute atomic E-state index is 12.5. The third kappa shape index (κ3) is 2.64. The maximum atomic E-state index is 12.5. The molecule has 0 bridgehead atoms. The number of ether oxygens (including phenoxy) is 1. The largest absolute Gasteiger partial charge is 0.497 e. The molecule has 2 aromatic rings. The molecule has 21 heavy (non-hydrogen) atoms. The van der Waals surface area contributed by atoms with Gasteiger partial charge in [-0.25, -0.2) is 0 Å². The minimum absolute atomic E-state index is 0.0533. The molecule has 0 saturated heterocycles. The van der Waals surface area contributed by atoms with Gasteiger partial charge in [-0.15, -0.1) is 0 Å². The van der Waals surface area contributed by atoms with Crippen LogP contribution in [0.4, 0.5) is 0 Å². The van der Waals surface area contributed by atoms with Gasteiger partial charge in [-0.1, -0.05) is 37.3 Å². The van der Waals surface area contributed by atoms with Crippen molar-refractivity contribution in [2.45, 2.75) is 19.4 Å². The summed E-state index contributed by atoms with van der Waals surface area (Å²) in [7, 11) is 1.60. The fourth-order valence-electron chi connectivity index (χ4n) is 3.00. The van der Waals surface area contributed by atoms with Crippen LogP contribution in [0.2, 0.25) is 0 Å². The third-order valence-electron chi connectivity index (χ3n) is 4.12. The van der Waals surface area contributed by atoms with Gasteiger partial charge in [-0.05, 0) is 41.7 Å². The highest BCUT2D eigenvalue weighted by atomic mass is 16.5. The van der Waals surface area contributed by atoms with Gasteiger partial charge < -0.3 is 10.1 Å². The van der Waals surface area contributed by atoms with Gasteiger partial charge in [0, 0.05) is 5.56 Å². The SMILES string of the molecule is COc1cccc(C(=O)N[C@@H]2c3ccccc3C[C@H]2C)c1. The number of amides is 1. The van der Waals surface area contributed by atoms with E-state index in [0.717, 1.165) is 6.42 Å². The standard InChI is InChI=1S/C18H19NO2/c1-12-10-13-6-3-4-9-16(13)17(12)19-18(20)14-7-5-8-15(11-14)21-2/h3-9,11-12,17H,10H2,1-2H3,(H,19,20)/t12-,17+/m1/s1. The van der Waals surface area contributed by atoms with Crippen LogP contribution in [0.5, 0.6) is 5.75 Å². The summed E-state index contributed by atoms with van der Waals surface area (Å²) in [6.07, 6.45) is 1.01. The van der Waals surface area contributed by atoms with Gasteiger partial charge in [-0.3, -0.25) is 4.79 Å². The van der Waals surface area contributed by atoms with Crippen LogP contribution >= 0.6 is 0 Å². The summed E-state index contributed by atoms with van der Waals surface area (Å²) in [6, 6.07) is 15.7. The quantitative estimate of drug-likeness (QED) is 0.937. The topological polar surface area (TPSA) is 38.3 Å². The van der Waals surface area contributed by atoms with Crippen LogP contribution in [-0.2, 0) is 6.42 Å². The molecule has 3 heteroatoms. The predicted molar refractivity (Wildman–Crippen MR) is 82.5 cm³/mol. The van der Waals surface area contributed by atoms with Gasteiger partial charge in [0.05, 0.1) is 13.2 Å². The lowest BCUT2D eigenvalue weighted by Crippen LogP contribution is -2.30. The molecule has 108 valence electrons. The molecule has 3 rings (SSSR count). The summed E-state index contributed by atoms with van der Waals surface area (Å²) < 4.78 is 5.17. The molecule has 0 fully saturated rings. The first-order chi connectivity index (χ1) is 10.2. The van der Waals surface area contributed by atoms with E-state index in [1.807, 2.05) is 24.3 Å². The first-order valence-electron chi connectivity index (χ1n) is 7.22. The molecule has 0 saturated carbocycles. The van der Waals surface area contributed by atoms with Crippen molar-refractivity contribution in [2.24, 2.45) is 5.92 Å². The number of nitrogens with one attached hydrogen (secondary N) is 1. The third-order valence-corrected chi connectivity index (χ3v) is 4.12. The molecular weight excluding hydrogens is 262 g/mol. The van der Waals surface area contributed by atoms with E-state index >= 15 is 0 Å². The van der Waals surface area contributed by atoms with Gasteiger partial charge in [0.2, 0.25) is 0 Å². The lowest BCUT2D eigenvalue weighted by molar-refractivity contribution is 0.0927. The van der Waals surface area contributed by atoms with Crippen LogP contribution in [0.1, 0.15) is 34.5 Å². The highest BCUT2D eigenvalue weighted by Gasteiger charge is 2.30. The summed E-state index contributed by atoms with van der Waals surface area (Å²) in [5.41, 5.74) is 3.20. The van der Waals surface area contributed by atoms with Gasteiger partial charge in [0.15, 0.2) is 0 Å². The van der Waals surface area contributed by atoms with E-state index in [4.69, 9.17) is 4.74 Å². The molecule has 1 aliphatic carbocycles. The smallest absolute Gasteiger partial charge is 0.251 e. The van der Waals surface area contributed by atoms with Crippen molar-refractivity contribution in [2.75, 3.05) is 7.11 Å². The zero-order valence-electron chi connectivity index (χ0n) is 12.3. The first-order valence-corrected chi connectivity index (χ1v) is 7.22. The predicted octanol–water partition coefficient (Wildman–Crippen LogP) is 3.36. The number of rotatable bonds is 3. The summed E-state index contributed by atoms with van der Waals surface area (Å²) >= 11 is 0. The number of methoxy groups -OCH3 is 1. The normalized spacial score (nSPS) is 19.9. The second-order valence-electron chi connectivity index (χ2n) is 5.56. The molecule has 3 nitrogen and oxygen atoms in total. The number of hydrogen-bond donors (Lipinski definition) is 1. The first kappa shape index (κ1) is 13.7. The lowest BCUT2D eigenvalue weighted by atomic mass is 10.0. The van der Waals surface area contributed by atoms with Crippen LogP contribution < -0.4 is 10.1 Å². The Morgan fingerprint density at radius 2 is 2.00 bits per heavy atom. The van der Waals surface area contributed by atoms with Crippen LogP contribution in [0.25, 0.3) is 0 Å². The molecule has 1 N–H and O–H groups in total. The number of carbonyl (C=O) groups excluding carboxylic acids is 1. The van der Waals surface area contributed by atoms with E-state index in [0.29, 0.717) is 17.2 Å². The monoisotopic (exact) mass is 281 g/mol. The molecule has 0 aromatic heterocycles. The molecule has 0 aliphatic heterocycles. The Hall–Kier alpha value is -2.29. The van der Waals surface area contributed by atoms with Crippen LogP contribution in [0.3, 0.4) is 0 Å². The molecule has 1 aliphatic rings. The Kier molecular flexibility index (Phi) is 3.65. The average Bonchev–Trinajstić information content (AvgIpc) is 2.83. The molecular formula is C18H19NO2. The second-order valence-corrected chi connectivity index (χ2v) is 5.56. The average molecular weight is 281 g/mol. The Bertz CT molecular complexity index is 666. The Balaban J connectivity index is 1.81. The Morgan fingerprint density at radius 1 is 1.19 bits per heavy atom. The molecule has 0 heterocycles. The zero-order chi connectivity index (χ0) is 14.8. The molecule has 0 unspecified atom stereocenters. The van der Waals surface area contributed by atoms with E-state index in [-0.39, 0.29) is 11.9 Å². The summed E-state index contributed by atoms with van der Waals surface area (Å²) in [4.78, 5) is 12.5. The summed E-state index contributed by atoms with van der Waals surface area (Å²) in [5, 5.41) is 3.16. The summed E-state index contributed by atoms with van der Waals surface area (Å²) in [5.74, 6) is 1.06. The van der Waals surface area contributed by atoms with Crippen molar-refractivity contribution in [3.05, 3.63) is 65.2 Å². The molecule has 0 radical (unpaired) electrons. The van der Waals surface area contributed by atoms with Crippen molar-refractivity contribution in [1.82, 2.24) is 5.32 Å². The van der Waals surface area contributed by atoms with E-state index in [1.54, 1.807) is 13.2 Å². The molecule has 1 amide bonds. The fraction of sp³-hybridized carbons (Fsp3) is 0.278. The highest BCUT2D eigenvalue weighted by Crippen LogP contribution is 2.35. The van der Waals surface area contributed by atoms with Crippen molar-refractivity contribution < 1.29 is 9.53 Å². The second kappa shape index (κ2) is 5.60. The summed E-state index contributed by atoms with van der Waals surface area (Å²) in [6.45, 7) is 2.18. The Labute approximate surface area is 124 Å². The highest BCUT2D eigenvalue weighted by molar-refractivity contribution is 5.94. The number of fused-ring (bicyclic) bond motifs is 1. The van der Waals surface area contributed by atoms with Gasteiger partial charge in [0.1, 0.15) is 5.75 Å². The van der Waals surface area contributed by atoms with E-state index in [2.05, 4.69) is 30.4 Å². The van der Waals surface area contributed by atoms with E-state index < -0.39 is 0 Å².